The molecule has 0 bridgehead atoms. The molecule has 6 nitrogen and oxygen atoms in total. The molecule has 0 spiro atoms. The van der Waals surface area contributed by atoms with E-state index in [-0.39, 0.29) is 18.9 Å². The number of anilines is 1. The Bertz CT molecular complexity index is 962. The van der Waals surface area contributed by atoms with Gasteiger partial charge in [0.25, 0.3) is 0 Å². The fourth-order valence-corrected chi connectivity index (χ4v) is 3.03. The third-order valence-corrected chi connectivity index (χ3v) is 5.03. The average molecular weight is 410 g/mol. The van der Waals surface area contributed by atoms with Crippen molar-refractivity contribution in [3.63, 3.8) is 0 Å². The lowest BCUT2D eigenvalue weighted by Crippen LogP contribution is -2.16. The summed E-state index contributed by atoms with van der Waals surface area (Å²) in [5, 5.41) is 12.2. The highest BCUT2D eigenvalue weighted by molar-refractivity contribution is 6.32. The van der Waals surface area contributed by atoms with Crippen LogP contribution >= 0.6 is 23.2 Å². The Balaban J connectivity index is 1.58. The fourth-order valence-electron chi connectivity index (χ4n) is 2.67. The SMILES string of the molecule is Cc1nn(CCC(=O)Nc2ccn(Cc3c(F)cccc3Cl)n2)c(C)c1Cl. The minimum absolute atomic E-state index is 0.172. The summed E-state index contributed by atoms with van der Waals surface area (Å²) >= 11 is 12.1. The minimum Gasteiger partial charge on any atom is -0.309 e. The molecule has 0 atom stereocenters. The van der Waals surface area contributed by atoms with Crippen LogP contribution < -0.4 is 5.32 Å². The van der Waals surface area contributed by atoms with Gasteiger partial charge in [-0.15, -0.1) is 0 Å². The van der Waals surface area contributed by atoms with Gasteiger partial charge < -0.3 is 5.32 Å². The maximum atomic E-state index is 13.9. The number of aryl methyl sites for hydroxylation is 2. The van der Waals surface area contributed by atoms with Gasteiger partial charge in [-0.25, -0.2) is 4.39 Å². The molecule has 142 valence electrons. The van der Waals surface area contributed by atoms with Crippen LogP contribution in [0.15, 0.2) is 30.5 Å². The maximum Gasteiger partial charge on any atom is 0.227 e. The molecule has 1 aromatic carbocycles. The molecule has 3 rings (SSSR count). The van der Waals surface area contributed by atoms with Crippen molar-refractivity contribution in [2.24, 2.45) is 0 Å². The van der Waals surface area contributed by atoms with E-state index in [9.17, 15) is 9.18 Å². The van der Waals surface area contributed by atoms with Crippen molar-refractivity contribution in [2.45, 2.75) is 33.4 Å². The van der Waals surface area contributed by atoms with Crippen LogP contribution in [-0.4, -0.2) is 25.5 Å². The molecule has 0 fully saturated rings. The molecule has 9 heteroatoms. The first-order valence-corrected chi connectivity index (χ1v) is 9.06. The summed E-state index contributed by atoms with van der Waals surface area (Å²) < 4.78 is 17.1. The van der Waals surface area contributed by atoms with Crippen LogP contribution in [0.2, 0.25) is 10.0 Å². The summed E-state index contributed by atoms with van der Waals surface area (Å²) in [6.45, 7) is 4.26. The molecule has 0 radical (unpaired) electrons. The van der Waals surface area contributed by atoms with Gasteiger partial charge in [0.2, 0.25) is 5.91 Å². The van der Waals surface area contributed by atoms with E-state index in [1.807, 2.05) is 13.8 Å². The van der Waals surface area contributed by atoms with E-state index >= 15 is 0 Å². The molecule has 0 aliphatic heterocycles. The third kappa shape index (κ3) is 4.48. The number of benzene rings is 1. The molecule has 1 amide bonds. The molecule has 0 saturated carbocycles. The van der Waals surface area contributed by atoms with E-state index in [4.69, 9.17) is 23.2 Å². The third-order valence-electron chi connectivity index (χ3n) is 4.13. The van der Waals surface area contributed by atoms with Crippen LogP contribution in [0.5, 0.6) is 0 Å². The summed E-state index contributed by atoms with van der Waals surface area (Å²) in [4.78, 5) is 12.1. The van der Waals surface area contributed by atoms with Crippen molar-refractivity contribution in [1.29, 1.82) is 0 Å². The molecule has 0 unspecified atom stereocenters. The molecule has 0 aliphatic rings. The van der Waals surface area contributed by atoms with Gasteiger partial charge in [-0.3, -0.25) is 14.2 Å². The lowest BCUT2D eigenvalue weighted by molar-refractivity contribution is -0.116. The first-order valence-electron chi connectivity index (χ1n) is 8.31. The number of nitrogens with zero attached hydrogens (tertiary/aromatic N) is 4. The molecular weight excluding hydrogens is 392 g/mol. The monoisotopic (exact) mass is 409 g/mol. The molecule has 3 aromatic rings. The highest BCUT2D eigenvalue weighted by Gasteiger charge is 2.12. The van der Waals surface area contributed by atoms with Gasteiger partial charge in [0.1, 0.15) is 5.82 Å². The molecule has 2 aromatic heterocycles. The van der Waals surface area contributed by atoms with Crippen LogP contribution in [0.3, 0.4) is 0 Å². The summed E-state index contributed by atoms with van der Waals surface area (Å²) in [6.07, 6.45) is 1.88. The molecule has 27 heavy (non-hydrogen) atoms. The van der Waals surface area contributed by atoms with E-state index in [0.717, 1.165) is 11.4 Å². The second-order valence-corrected chi connectivity index (χ2v) is 6.89. The van der Waals surface area contributed by atoms with Gasteiger partial charge in [0, 0.05) is 29.3 Å². The van der Waals surface area contributed by atoms with Gasteiger partial charge in [-0.1, -0.05) is 29.3 Å². The van der Waals surface area contributed by atoms with Crippen LogP contribution in [0, 0.1) is 19.7 Å². The molecule has 0 aliphatic carbocycles. The highest BCUT2D eigenvalue weighted by Crippen LogP contribution is 2.21. The second kappa shape index (κ2) is 8.10. The molecule has 2 heterocycles. The second-order valence-electron chi connectivity index (χ2n) is 6.10. The zero-order chi connectivity index (χ0) is 19.6. The Morgan fingerprint density at radius 3 is 2.67 bits per heavy atom. The Morgan fingerprint density at radius 2 is 2.00 bits per heavy atom. The normalized spacial score (nSPS) is 11.0. The molecule has 0 saturated heterocycles. The quantitative estimate of drug-likeness (QED) is 0.662. The number of carbonyl (C=O) groups excluding carboxylic acids is 1. The number of nitrogens with one attached hydrogen (secondary N) is 1. The van der Waals surface area contributed by atoms with Gasteiger partial charge in [0.15, 0.2) is 5.82 Å². The Morgan fingerprint density at radius 1 is 1.22 bits per heavy atom. The fraction of sp³-hybridized carbons (Fsp3) is 0.278. The van der Waals surface area contributed by atoms with Crippen molar-refractivity contribution in [2.75, 3.05) is 5.32 Å². The summed E-state index contributed by atoms with van der Waals surface area (Å²) in [6, 6.07) is 6.16. The summed E-state index contributed by atoms with van der Waals surface area (Å²) in [7, 11) is 0. The van der Waals surface area contributed by atoms with E-state index in [1.165, 1.54) is 10.7 Å². The number of rotatable bonds is 6. The Kier molecular flexibility index (Phi) is 5.82. The average Bonchev–Trinajstić information content (AvgIpc) is 3.16. The molecular formula is C18H18Cl2FN5O. The number of hydrogen-bond acceptors (Lipinski definition) is 3. The standard InChI is InChI=1S/C18H18Cl2FN5O/c1-11-18(20)12(2)26(23-11)9-7-17(27)22-16-6-8-25(24-16)10-13-14(19)4-3-5-15(13)21/h3-6,8H,7,9-10H2,1-2H3,(H,22,24,27). The number of carbonyl (C=O) groups is 1. The largest absolute Gasteiger partial charge is 0.309 e. The van der Waals surface area contributed by atoms with Gasteiger partial charge in [-0.05, 0) is 26.0 Å². The maximum absolute atomic E-state index is 13.9. The van der Waals surface area contributed by atoms with E-state index in [0.29, 0.717) is 28.0 Å². The van der Waals surface area contributed by atoms with Gasteiger partial charge >= 0.3 is 0 Å². The Hall–Kier alpha value is -2.38. The van der Waals surface area contributed by atoms with Gasteiger partial charge in [0.05, 0.1) is 29.5 Å². The van der Waals surface area contributed by atoms with E-state index < -0.39 is 5.82 Å². The minimum atomic E-state index is -0.396. The van der Waals surface area contributed by atoms with E-state index in [2.05, 4.69) is 15.5 Å². The highest BCUT2D eigenvalue weighted by atomic mass is 35.5. The van der Waals surface area contributed by atoms with Gasteiger partial charge in [-0.2, -0.15) is 10.2 Å². The topological polar surface area (TPSA) is 64.7 Å². The summed E-state index contributed by atoms with van der Waals surface area (Å²) in [5.74, 6) is -0.209. The zero-order valence-electron chi connectivity index (χ0n) is 14.8. The lowest BCUT2D eigenvalue weighted by Gasteiger charge is -2.06. The predicted octanol–water partition coefficient (Wildman–Crippen LogP) is 4.22. The van der Waals surface area contributed by atoms with E-state index in [1.54, 1.807) is 29.1 Å². The number of halogens is 3. The van der Waals surface area contributed by atoms with Crippen LogP contribution in [0.4, 0.5) is 10.2 Å². The van der Waals surface area contributed by atoms with Crippen LogP contribution in [-0.2, 0) is 17.9 Å². The summed E-state index contributed by atoms with van der Waals surface area (Å²) in [5.41, 5.74) is 1.91. The molecule has 1 N–H and O–H groups in total. The number of amides is 1. The van der Waals surface area contributed by atoms with Crippen LogP contribution in [0.25, 0.3) is 0 Å². The predicted molar refractivity (Wildman–Crippen MR) is 103 cm³/mol. The van der Waals surface area contributed by atoms with Crippen molar-refractivity contribution < 1.29 is 9.18 Å². The van der Waals surface area contributed by atoms with Crippen molar-refractivity contribution in [3.8, 4) is 0 Å². The first-order chi connectivity index (χ1) is 12.8. The zero-order valence-corrected chi connectivity index (χ0v) is 16.4. The van der Waals surface area contributed by atoms with Crippen molar-refractivity contribution >= 4 is 34.9 Å². The Labute approximate surface area is 165 Å². The number of hydrogen-bond donors (Lipinski definition) is 1. The smallest absolute Gasteiger partial charge is 0.227 e. The van der Waals surface area contributed by atoms with Crippen molar-refractivity contribution in [1.82, 2.24) is 19.6 Å². The first kappa shape index (κ1) is 19.4. The number of aromatic nitrogens is 4. The lowest BCUT2D eigenvalue weighted by atomic mass is 10.2. The van der Waals surface area contributed by atoms with Crippen molar-refractivity contribution in [3.05, 3.63) is 63.3 Å². The van der Waals surface area contributed by atoms with Crippen LogP contribution in [0.1, 0.15) is 23.4 Å².